The third-order valence-corrected chi connectivity index (χ3v) is 4.84. The molecule has 21 heavy (non-hydrogen) atoms. The van der Waals surface area contributed by atoms with E-state index in [1.165, 1.54) is 38.9 Å². The Morgan fingerprint density at radius 3 is 2.05 bits per heavy atom. The van der Waals surface area contributed by atoms with Gasteiger partial charge in [0, 0.05) is 11.1 Å². The van der Waals surface area contributed by atoms with Crippen LogP contribution in [0.25, 0.3) is 0 Å². The second-order valence-corrected chi connectivity index (χ2v) is 6.70. The number of benzene rings is 2. The summed E-state index contributed by atoms with van der Waals surface area (Å²) in [5, 5.41) is 0. The molecule has 2 aromatic rings. The fourth-order valence-corrected chi connectivity index (χ4v) is 3.39. The van der Waals surface area contributed by atoms with Gasteiger partial charge in [0.15, 0.2) is 0 Å². The van der Waals surface area contributed by atoms with Crippen LogP contribution in [0.3, 0.4) is 0 Å². The molecule has 0 saturated heterocycles. The van der Waals surface area contributed by atoms with Crippen molar-refractivity contribution in [2.45, 2.75) is 47.1 Å². The smallest absolute Gasteiger partial charge is 0.0814 e. The average Bonchev–Trinajstić information content (AvgIpc) is 2.70. The van der Waals surface area contributed by atoms with Crippen molar-refractivity contribution < 1.29 is 0 Å². The monoisotopic (exact) mass is 277 g/mol. The van der Waals surface area contributed by atoms with Gasteiger partial charge in [-0.1, -0.05) is 30.3 Å². The largest absolute Gasteiger partial charge is 0.273 e. The third kappa shape index (κ3) is 2.03. The van der Waals surface area contributed by atoms with E-state index in [-0.39, 0.29) is 5.54 Å². The molecule has 108 valence electrons. The van der Waals surface area contributed by atoms with Crippen molar-refractivity contribution in [2.24, 2.45) is 4.99 Å². The minimum atomic E-state index is -0.136. The van der Waals surface area contributed by atoms with Gasteiger partial charge in [-0.25, -0.2) is 0 Å². The van der Waals surface area contributed by atoms with Gasteiger partial charge in [-0.15, -0.1) is 0 Å². The molecule has 1 aliphatic heterocycles. The van der Waals surface area contributed by atoms with E-state index in [0.717, 1.165) is 5.71 Å². The predicted molar refractivity (Wildman–Crippen MR) is 90.5 cm³/mol. The maximum atomic E-state index is 5.08. The molecule has 0 radical (unpaired) electrons. The van der Waals surface area contributed by atoms with E-state index in [9.17, 15) is 0 Å². The summed E-state index contributed by atoms with van der Waals surface area (Å²) < 4.78 is 0. The zero-order valence-electron chi connectivity index (χ0n) is 13.8. The summed E-state index contributed by atoms with van der Waals surface area (Å²) in [7, 11) is 0. The lowest BCUT2D eigenvalue weighted by Crippen LogP contribution is -2.09. The highest BCUT2D eigenvalue weighted by Gasteiger charge is 2.33. The van der Waals surface area contributed by atoms with E-state index >= 15 is 0 Å². The average molecular weight is 277 g/mol. The number of hydrogen-bond acceptors (Lipinski definition) is 1. The lowest BCUT2D eigenvalue weighted by atomic mass is 9.87. The third-order valence-electron chi connectivity index (χ3n) is 4.84. The molecule has 1 aliphatic rings. The summed E-state index contributed by atoms with van der Waals surface area (Å²) in [6, 6.07) is 10.9. The van der Waals surface area contributed by atoms with Crippen molar-refractivity contribution in [3.63, 3.8) is 0 Å². The van der Waals surface area contributed by atoms with Gasteiger partial charge in [0.1, 0.15) is 0 Å². The number of fused-ring (bicyclic) bond motifs is 1. The molecule has 3 rings (SSSR count). The van der Waals surface area contributed by atoms with Gasteiger partial charge in [-0.2, -0.15) is 0 Å². The van der Waals surface area contributed by atoms with Crippen LogP contribution in [0.5, 0.6) is 0 Å². The summed E-state index contributed by atoms with van der Waals surface area (Å²) in [5.41, 5.74) is 10.4. The highest BCUT2D eigenvalue weighted by Crippen LogP contribution is 2.38. The number of aliphatic imine (C=N–C) groups is 1. The molecule has 0 unspecified atom stereocenters. The van der Waals surface area contributed by atoms with Gasteiger partial charge in [-0.3, -0.25) is 4.99 Å². The molecule has 1 nitrogen and oxygen atoms in total. The molecule has 0 aliphatic carbocycles. The predicted octanol–water partition coefficient (Wildman–Crippen LogP) is 5.01. The van der Waals surface area contributed by atoms with Crippen LogP contribution in [0.2, 0.25) is 0 Å². The summed E-state index contributed by atoms with van der Waals surface area (Å²) >= 11 is 0. The zero-order valence-corrected chi connectivity index (χ0v) is 13.8. The Morgan fingerprint density at radius 1 is 0.857 bits per heavy atom. The van der Waals surface area contributed by atoms with Crippen LogP contribution in [0.1, 0.15) is 52.8 Å². The molecule has 0 spiro atoms. The molecule has 1 heteroatoms. The van der Waals surface area contributed by atoms with E-state index in [4.69, 9.17) is 4.99 Å². The van der Waals surface area contributed by atoms with E-state index < -0.39 is 0 Å². The second kappa shape index (κ2) is 4.56. The van der Waals surface area contributed by atoms with Crippen LogP contribution >= 0.6 is 0 Å². The number of rotatable bonds is 1. The molecule has 0 bridgehead atoms. The number of nitrogens with zero attached hydrogens (tertiary/aromatic N) is 1. The molecule has 0 amide bonds. The second-order valence-electron chi connectivity index (χ2n) is 6.70. The van der Waals surface area contributed by atoms with Crippen LogP contribution < -0.4 is 0 Å². The fraction of sp³-hybridized carbons (Fsp3) is 0.350. The first-order valence-electron chi connectivity index (χ1n) is 7.60. The van der Waals surface area contributed by atoms with Crippen LogP contribution in [-0.2, 0) is 5.54 Å². The van der Waals surface area contributed by atoms with Gasteiger partial charge < -0.3 is 0 Å². The minimum Gasteiger partial charge on any atom is -0.273 e. The first-order valence-corrected chi connectivity index (χ1v) is 7.60. The maximum Gasteiger partial charge on any atom is 0.0814 e. The Bertz CT molecular complexity index is 737. The van der Waals surface area contributed by atoms with E-state index in [1.54, 1.807) is 0 Å². The summed E-state index contributed by atoms with van der Waals surface area (Å²) in [6.45, 7) is 13.2. The summed E-state index contributed by atoms with van der Waals surface area (Å²) in [4.78, 5) is 5.08. The first-order chi connectivity index (χ1) is 9.83. The molecule has 0 aromatic heterocycles. The Morgan fingerprint density at radius 2 is 1.43 bits per heavy atom. The molecule has 0 N–H and O–H groups in total. The molecule has 0 atom stereocenters. The van der Waals surface area contributed by atoms with Crippen molar-refractivity contribution in [3.05, 3.63) is 69.3 Å². The SMILES string of the molecule is Cc1cc(C)c(C)c(C2=NC(C)(C)c3ccccc32)c1C. The number of hydrogen-bond donors (Lipinski definition) is 0. The maximum absolute atomic E-state index is 5.08. The van der Waals surface area contributed by atoms with Gasteiger partial charge in [0.05, 0.1) is 11.3 Å². The normalized spacial score (nSPS) is 15.8. The highest BCUT2D eigenvalue weighted by molar-refractivity contribution is 6.17. The standard InChI is InChI=1S/C20H23N/c1-12-11-13(2)15(4)18(14(12)3)19-16-9-7-8-10-17(16)20(5,6)21-19/h7-11H,1-6H3. The van der Waals surface area contributed by atoms with E-state index in [2.05, 4.69) is 71.9 Å². The lowest BCUT2D eigenvalue weighted by Gasteiger charge is -2.16. The molecular formula is C20H23N. The molecule has 0 fully saturated rings. The van der Waals surface area contributed by atoms with Crippen LogP contribution in [-0.4, -0.2) is 5.71 Å². The molecule has 2 aromatic carbocycles. The van der Waals surface area contributed by atoms with Crippen molar-refractivity contribution in [3.8, 4) is 0 Å². The van der Waals surface area contributed by atoms with Gasteiger partial charge >= 0.3 is 0 Å². The Labute approximate surface area is 127 Å². The van der Waals surface area contributed by atoms with Crippen LogP contribution in [0, 0.1) is 27.7 Å². The van der Waals surface area contributed by atoms with Crippen molar-refractivity contribution in [2.75, 3.05) is 0 Å². The van der Waals surface area contributed by atoms with Crippen molar-refractivity contribution >= 4 is 5.71 Å². The van der Waals surface area contributed by atoms with E-state index in [0.29, 0.717) is 0 Å². The molecule has 1 heterocycles. The molecular weight excluding hydrogens is 254 g/mol. The number of aryl methyl sites for hydroxylation is 2. The van der Waals surface area contributed by atoms with Crippen molar-refractivity contribution in [1.82, 2.24) is 0 Å². The summed E-state index contributed by atoms with van der Waals surface area (Å²) in [5.74, 6) is 0. The quantitative estimate of drug-likeness (QED) is 0.695. The summed E-state index contributed by atoms with van der Waals surface area (Å²) in [6.07, 6.45) is 0. The Hall–Kier alpha value is -1.89. The van der Waals surface area contributed by atoms with Crippen LogP contribution in [0.4, 0.5) is 0 Å². The minimum absolute atomic E-state index is 0.136. The molecule has 0 saturated carbocycles. The Balaban J connectivity index is 2.34. The lowest BCUT2D eigenvalue weighted by molar-refractivity contribution is 0.572. The van der Waals surface area contributed by atoms with Crippen LogP contribution in [0.15, 0.2) is 35.3 Å². The first kappa shape index (κ1) is 14.1. The topological polar surface area (TPSA) is 12.4 Å². The van der Waals surface area contributed by atoms with E-state index in [1.807, 2.05) is 0 Å². The fourth-order valence-electron chi connectivity index (χ4n) is 3.39. The zero-order chi connectivity index (χ0) is 15.4. The van der Waals surface area contributed by atoms with Gasteiger partial charge in [-0.05, 0) is 69.4 Å². The van der Waals surface area contributed by atoms with Crippen molar-refractivity contribution in [1.29, 1.82) is 0 Å². The Kier molecular flexibility index (Phi) is 3.05. The van der Waals surface area contributed by atoms with Gasteiger partial charge in [0.2, 0.25) is 0 Å². The van der Waals surface area contributed by atoms with Gasteiger partial charge in [0.25, 0.3) is 0 Å². The highest BCUT2D eigenvalue weighted by atomic mass is 14.9.